The van der Waals surface area contributed by atoms with Gasteiger partial charge in [0, 0.05) is 11.1 Å². The summed E-state index contributed by atoms with van der Waals surface area (Å²) in [6.07, 6.45) is 8.55. The van der Waals surface area contributed by atoms with Gasteiger partial charge >= 0.3 is 0 Å². The summed E-state index contributed by atoms with van der Waals surface area (Å²) >= 11 is 0. The fourth-order valence-corrected chi connectivity index (χ4v) is 3.09. The molecule has 2 heteroatoms. The Morgan fingerprint density at radius 2 is 1.42 bits per heavy atom. The van der Waals surface area contributed by atoms with Crippen molar-refractivity contribution in [1.29, 1.82) is 0 Å². The van der Waals surface area contributed by atoms with Gasteiger partial charge in [-0.2, -0.15) is 0 Å². The zero-order valence-electron chi connectivity index (χ0n) is 14.6. The van der Waals surface area contributed by atoms with Crippen LogP contribution >= 0.6 is 0 Å². The molecule has 1 radical (unpaired) electrons. The van der Waals surface area contributed by atoms with Crippen molar-refractivity contribution in [2.75, 3.05) is 28.2 Å². The van der Waals surface area contributed by atoms with Crippen molar-refractivity contribution in [3.8, 4) is 0 Å². The fourth-order valence-electron chi connectivity index (χ4n) is 3.09. The molecule has 0 N–H and O–H groups in total. The molecular formula is C17H37N2. The van der Waals surface area contributed by atoms with Gasteiger partial charge in [0.1, 0.15) is 0 Å². The van der Waals surface area contributed by atoms with Crippen LogP contribution in [0.4, 0.5) is 0 Å². The van der Waals surface area contributed by atoms with Gasteiger partial charge in [0.25, 0.3) is 0 Å². The predicted octanol–water partition coefficient (Wildman–Crippen LogP) is 4.21. The van der Waals surface area contributed by atoms with Crippen molar-refractivity contribution in [2.45, 2.75) is 76.8 Å². The highest BCUT2D eigenvalue weighted by Crippen LogP contribution is 2.32. The molecule has 2 atom stereocenters. The van der Waals surface area contributed by atoms with Crippen molar-refractivity contribution in [3.63, 3.8) is 0 Å². The van der Waals surface area contributed by atoms with Crippen molar-refractivity contribution in [3.05, 3.63) is 6.92 Å². The van der Waals surface area contributed by atoms with Crippen LogP contribution in [0.25, 0.3) is 0 Å². The van der Waals surface area contributed by atoms with Crippen LogP contribution < -0.4 is 0 Å². The Morgan fingerprint density at radius 3 is 1.74 bits per heavy atom. The monoisotopic (exact) mass is 269 g/mol. The van der Waals surface area contributed by atoms with Crippen molar-refractivity contribution in [1.82, 2.24) is 9.80 Å². The molecule has 0 aliphatic heterocycles. The largest absolute Gasteiger partial charge is 0.304 e. The van der Waals surface area contributed by atoms with Gasteiger partial charge in [-0.05, 0) is 73.6 Å². The number of hydrogen-bond donors (Lipinski definition) is 0. The van der Waals surface area contributed by atoms with E-state index < -0.39 is 0 Å². The van der Waals surface area contributed by atoms with Gasteiger partial charge in [-0.1, -0.05) is 27.2 Å². The predicted molar refractivity (Wildman–Crippen MR) is 87.5 cm³/mol. The molecule has 0 bridgehead atoms. The molecular weight excluding hydrogens is 232 g/mol. The van der Waals surface area contributed by atoms with Crippen LogP contribution in [0.2, 0.25) is 0 Å². The van der Waals surface area contributed by atoms with E-state index in [-0.39, 0.29) is 0 Å². The molecule has 0 fully saturated rings. The number of rotatable bonds is 10. The van der Waals surface area contributed by atoms with Crippen LogP contribution in [0.1, 0.15) is 65.7 Å². The van der Waals surface area contributed by atoms with Gasteiger partial charge in [-0.25, -0.2) is 0 Å². The highest BCUT2D eigenvalue weighted by Gasteiger charge is 2.31. The first-order valence-corrected chi connectivity index (χ1v) is 7.92. The van der Waals surface area contributed by atoms with Gasteiger partial charge in [-0.3, -0.25) is 0 Å². The summed E-state index contributed by atoms with van der Waals surface area (Å²) in [5, 5.41) is 0. The molecule has 0 aliphatic carbocycles. The maximum Gasteiger partial charge on any atom is 0.0200 e. The Morgan fingerprint density at radius 1 is 0.842 bits per heavy atom. The van der Waals surface area contributed by atoms with E-state index in [1.165, 1.54) is 38.5 Å². The molecule has 2 unspecified atom stereocenters. The summed E-state index contributed by atoms with van der Waals surface area (Å²) in [5.41, 5.74) is 0.693. The third kappa shape index (κ3) is 5.07. The Labute approximate surface area is 122 Å². The Balaban J connectivity index is 4.57. The number of nitrogens with zero attached hydrogens (tertiary/aromatic N) is 2. The maximum absolute atomic E-state index is 4.07. The van der Waals surface area contributed by atoms with Crippen molar-refractivity contribution in [2.24, 2.45) is 0 Å². The maximum atomic E-state index is 4.07. The van der Waals surface area contributed by atoms with Crippen LogP contribution in [0.5, 0.6) is 0 Å². The topological polar surface area (TPSA) is 6.48 Å². The lowest BCUT2D eigenvalue weighted by molar-refractivity contribution is 0.100. The molecule has 0 amide bonds. The summed E-state index contributed by atoms with van der Waals surface area (Å²) in [4.78, 5) is 4.81. The quantitative estimate of drug-likeness (QED) is 0.586. The molecule has 0 aromatic rings. The highest BCUT2D eigenvalue weighted by atomic mass is 15.1. The second-order valence-corrected chi connectivity index (χ2v) is 6.67. The van der Waals surface area contributed by atoms with E-state index in [1.807, 2.05) is 0 Å². The van der Waals surface area contributed by atoms with Crippen LogP contribution in [0.15, 0.2) is 0 Å². The Kier molecular flexibility index (Phi) is 8.23. The van der Waals surface area contributed by atoms with Crippen LogP contribution in [-0.4, -0.2) is 49.1 Å². The third-order valence-electron chi connectivity index (χ3n) is 5.45. The molecule has 0 aromatic carbocycles. The lowest BCUT2D eigenvalue weighted by atomic mass is 9.81. The van der Waals surface area contributed by atoms with Crippen LogP contribution in [0, 0.1) is 6.92 Å². The summed E-state index contributed by atoms with van der Waals surface area (Å²) < 4.78 is 0. The molecule has 0 saturated carbocycles. The molecule has 0 saturated heterocycles. The van der Waals surface area contributed by atoms with Crippen molar-refractivity contribution >= 4 is 0 Å². The normalized spacial score (nSPS) is 18.6. The second-order valence-electron chi connectivity index (χ2n) is 6.67. The summed E-state index contributed by atoms with van der Waals surface area (Å²) in [5.74, 6) is 0. The zero-order valence-corrected chi connectivity index (χ0v) is 14.6. The molecule has 115 valence electrons. The smallest absolute Gasteiger partial charge is 0.0200 e. The van der Waals surface area contributed by atoms with Gasteiger partial charge in [0.05, 0.1) is 0 Å². The van der Waals surface area contributed by atoms with E-state index in [0.29, 0.717) is 11.1 Å². The van der Waals surface area contributed by atoms with E-state index in [1.54, 1.807) is 0 Å². The average Bonchev–Trinajstić information content (AvgIpc) is 2.36. The van der Waals surface area contributed by atoms with E-state index in [2.05, 4.69) is 65.7 Å². The van der Waals surface area contributed by atoms with Gasteiger partial charge in [-0.15, -0.1) is 0 Å². The first-order chi connectivity index (χ1) is 8.78. The van der Waals surface area contributed by atoms with E-state index in [4.69, 9.17) is 0 Å². The molecule has 0 heterocycles. The first kappa shape index (κ1) is 18.9. The highest BCUT2D eigenvalue weighted by molar-refractivity contribution is 4.89. The minimum atomic E-state index is 0.344. The van der Waals surface area contributed by atoms with Crippen molar-refractivity contribution < 1.29 is 0 Å². The standard InChI is InChI=1S/C17H37N2/c1-9-13-17(11-3,19(7)8)15-12-14-16(4,10-2)18(5)6/h1,9-15H2,2-8H3. The Bertz CT molecular complexity index is 237. The summed E-state index contributed by atoms with van der Waals surface area (Å²) in [6.45, 7) is 11.1. The summed E-state index contributed by atoms with van der Waals surface area (Å²) in [6, 6.07) is 0. The number of hydrogen-bond acceptors (Lipinski definition) is 2. The minimum absolute atomic E-state index is 0.344. The van der Waals surface area contributed by atoms with E-state index in [0.717, 1.165) is 6.42 Å². The fraction of sp³-hybridized carbons (Fsp3) is 0.941. The molecule has 2 nitrogen and oxygen atoms in total. The first-order valence-electron chi connectivity index (χ1n) is 7.92. The minimum Gasteiger partial charge on any atom is -0.304 e. The molecule has 0 spiro atoms. The molecule has 0 aromatic heterocycles. The lowest BCUT2D eigenvalue weighted by Crippen LogP contribution is -2.45. The third-order valence-corrected chi connectivity index (χ3v) is 5.45. The lowest BCUT2D eigenvalue weighted by Gasteiger charge is -2.42. The molecule has 0 rings (SSSR count). The average molecular weight is 269 g/mol. The molecule has 19 heavy (non-hydrogen) atoms. The van der Waals surface area contributed by atoms with E-state index in [9.17, 15) is 0 Å². The van der Waals surface area contributed by atoms with Crippen LogP contribution in [0.3, 0.4) is 0 Å². The zero-order chi connectivity index (χ0) is 15.1. The summed E-state index contributed by atoms with van der Waals surface area (Å²) in [7, 11) is 8.87. The van der Waals surface area contributed by atoms with Gasteiger partial charge in [0.15, 0.2) is 0 Å². The van der Waals surface area contributed by atoms with Gasteiger partial charge < -0.3 is 9.80 Å². The van der Waals surface area contributed by atoms with Crippen LogP contribution in [-0.2, 0) is 0 Å². The van der Waals surface area contributed by atoms with Gasteiger partial charge in [0.2, 0.25) is 0 Å². The second kappa shape index (κ2) is 8.26. The SMILES string of the molecule is [CH2]CCC(CC)(CCCC(C)(CC)N(C)C)N(C)C. The Hall–Kier alpha value is -0.0800. The van der Waals surface area contributed by atoms with E-state index >= 15 is 0 Å². The molecule has 0 aliphatic rings.